The van der Waals surface area contributed by atoms with Crippen LogP contribution < -0.4 is 0 Å². The molecule has 134 valence electrons. The van der Waals surface area contributed by atoms with E-state index in [9.17, 15) is 9.59 Å². The van der Waals surface area contributed by atoms with Crippen molar-refractivity contribution in [3.05, 3.63) is 54.0 Å². The Labute approximate surface area is 150 Å². The summed E-state index contributed by atoms with van der Waals surface area (Å²) in [5.41, 5.74) is 2.26. The molecule has 26 heavy (non-hydrogen) atoms. The summed E-state index contributed by atoms with van der Waals surface area (Å²) in [5, 5.41) is 14.2. The minimum absolute atomic E-state index is 0.125. The lowest BCUT2D eigenvalue weighted by molar-refractivity contribution is -0.131. The molecule has 0 atom stereocenters. The van der Waals surface area contributed by atoms with Crippen LogP contribution in [0.5, 0.6) is 0 Å². The number of H-pyrrole nitrogens is 1. The van der Waals surface area contributed by atoms with Gasteiger partial charge in [-0.3, -0.25) is 9.48 Å². The molecule has 0 spiro atoms. The van der Waals surface area contributed by atoms with Crippen LogP contribution in [-0.2, 0) is 11.2 Å². The number of likely N-dealkylation sites (tertiary alicyclic amines) is 1. The van der Waals surface area contributed by atoms with Gasteiger partial charge in [0.1, 0.15) is 0 Å². The number of nitrogens with one attached hydrogen (secondary N) is 1. The Bertz CT molecular complexity index is 951. The van der Waals surface area contributed by atoms with Gasteiger partial charge >= 0.3 is 5.97 Å². The molecule has 2 aromatic heterocycles. The average Bonchev–Trinajstić information content (AvgIpc) is 3.30. The number of carbonyl (C=O) groups excluding carboxylic acids is 1. The van der Waals surface area contributed by atoms with Gasteiger partial charge in [0.2, 0.25) is 5.91 Å². The maximum absolute atomic E-state index is 12.7. The zero-order chi connectivity index (χ0) is 18.1. The van der Waals surface area contributed by atoms with Gasteiger partial charge in [0.05, 0.1) is 24.2 Å². The molecule has 3 aromatic rings. The third-order valence-corrected chi connectivity index (χ3v) is 5.06. The van der Waals surface area contributed by atoms with Crippen molar-refractivity contribution in [3.63, 3.8) is 0 Å². The first-order chi connectivity index (χ1) is 12.6. The van der Waals surface area contributed by atoms with E-state index in [0.29, 0.717) is 19.5 Å². The number of para-hydroxylation sites is 1. The molecular weight excluding hydrogens is 332 g/mol. The zero-order valence-corrected chi connectivity index (χ0v) is 14.3. The Morgan fingerprint density at radius 2 is 2.00 bits per heavy atom. The molecule has 1 aliphatic heterocycles. The first-order valence-corrected chi connectivity index (χ1v) is 8.72. The highest BCUT2D eigenvalue weighted by atomic mass is 16.4. The number of carboxylic acids is 1. The molecule has 0 unspecified atom stereocenters. The van der Waals surface area contributed by atoms with Crippen molar-refractivity contribution in [2.45, 2.75) is 25.3 Å². The number of hydrogen-bond donors (Lipinski definition) is 2. The Kier molecular flexibility index (Phi) is 4.20. The molecule has 1 amide bonds. The molecule has 1 fully saturated rings. The predicted molar refractivity (Wildman–Crippen MR) is 96.0 cm³/mol. The standard InChI is InChI=1S/C19H20N4O3/c24-18(9-13-10-20-17-4-2-1-3-16(13)17)22-7-5-15(6-8-22)23-12-14(11-21-23)19(25)26/h1-4,10-12,15,20H,5-9H2,(H,25,26). The number of benzene rings is 1. The fourth-order valence-electron chi connectivity index (χ4n) is 3.58. The van der Waals surface area contributed by atoms with Gasteiger partial charge in [0.25, 0.3) is 0 Å². The summed E-state index contributed by atoms with van der Waals surface area (Å²) in [4.78, 5) is 28.7. The maximum Gasteiger partial charge on any atom is 0.338 e. The fourth-order valence-corrected chi connectivity index (χ4v) is 3.58. The minimum Gasteiger partial charge on any atom is -0.478 e. The molecule has 0 aliphatic carbocycles. The van der Waals surface area contributed by atoms with Gasteiger partial charge in [-0.05, 0) is 24.5 Å². The van der Waals surface area contributed by atoms with Crippen LogP contribution in [0.3, 0.4) is 0 Å². The Hall–Kier alpha value is -3.09. The minimum atomic E-state index is -0.970. The van der Waals surface area contributed by atoms with Gasteiger partial charge in [-0.15, -0.1) is 0 Å². The lowest BCUT2D eigenvalue weighted by atomic mass is 10.0. The van der Waals surface area contributed by atoms with E-state index in [0.717, 1.165) is 29.3 Å². The SMILES string of the molecule is O=C(O)c1cnn(C2CCN(C(=O)Cc3c[nH]c4ccccc34)CC2)c1. The molecular formula is C19H20N4O3. The summed E-state index contributed by atoms with van der Waals surface area (Å²) in [6.45, 7) is 1.32. The second-order valence-corrected chi connectivity index (χ2v) is 6.66. The number of rotatable bonds is 4. The van der Waals surface area contributed by atoms with Crippen molar-refractivity contribution >= 4 is 22.8 Å². The van der Waals surface area contributed by atoms with Crippen LogP contribution in [0.4, 0.5) is 0 Å². The summed E-state index contributed by atoms with van der Waals surface area (Å²) in [6, 6.07) is 8.12. The number of aromatic carboxylic acids is 1. The van der Waals surface area contributed by atoms with Crippen molar-refractivity contribution < 1.29 is 14.7 Å². The van der Waals surface area contributed by atoms with E-state index in [4.69, 9.17) is 5.11 Å². The van der Waals surface area contributed by atoms with Crippen LogP contribution >= 0.6 is 0 Å². The number of piperidine rings is 1. The number of carboxylic acid groups (broad SMARTS) is 1. The molecule has 1 aliphatic rings. The number of nitrogens with zero attached hydrogens (tertiary/aromatic N) is 3. The van der Waals surface area contributed by atoms with Crippen molar-refractivity contribution in [2.24, 2.45) is 0 Å². The van der Waals surface area contributed by atoms with Crippen molar-refractivity contribution in [2.75, 3.05) is 13.1 Å². The number of hydrogen-bond acceptors (Lipinski definition) is 3. The number of aromatic amines is 1. The third kappa shape index (κ3) is 3.08. The molecule has 0 bridgehead atoms. The van der Waals surface area contributed by atoms with Crippen molar-refractivity contribution in [1.82, 2.24) is 19.7 Å². The van der Waals surface area contributed by atoms with Gasteiger partial charge in [0, 0.05) is 36.4 Å². The third-order valence-electron chi connectivity index (χ3n) is 5.06. The van der Waals surface area contributed by atoms with Crippen LogP contribution in [0, 0.1) is 0 Å². The van der Waals surface area contributed by atoms with E-state index < -0.39 is 5.97 Å². The largest absolute Gasteiger partial charge is 0.478 e. The highest BCUT2D eigenvalue weighted by Crippen LogP contribution is 2.24. The Morgan fingerprint density at radius 1 is 1.23 bits per heavy atom. The first kappa shape index (κ1) is 16.4. The van der Waals surface area contributed by atoms with Crippen LogP contribution in [-0.4, -0.2) is 49.7 Å². The van der Waals surface area contributed by atoms with Crippen molar-refractivity contribution in [1.29, 1.82) is 0 Å². The zero-order valence-electron chi connectivity index (χ0n) is 14.3. The van der Waals surface area contributed by atoms with E-state index in [1.54, 1.807) is 10.9 Å². The van der Waals surface area contributed by atoms with E-state index in [1.807, 2.05) is 35.4 Å². The lowest BCUT2D eigenvalue weighted by Crippen LogP contribution is -2.39. The second-order valence-electron chi connectivity index (χ2n) is 6.66. The van der Waals surface area contributed by atoms with Gasteiger partial charge in [0.15, 0.2) is 0 Å². The number of carbonyl (C=O) groups is 2. The van der Waals surface area contributed by atoms with Crippen LogP contribution in [0.25, 0.3) is 10.9 Å². The van der Waals surface area contributed by atoms with Gasteiger partial charge in [-0.2, -0.15) is 5.10 Å². The first-order valence-electron chi connectivity index (χ1n) is 8.72. The number of aromatic nitrogens is 3. The van der Waals surface area contributed by atoms with Gasteiger partial charge in [-0.1, -0.05) is 18.2 Å². The summed E-state index contributed by atoms with van der Waals surface area (Å²) in [7, 11) is 0. The molecule has 2 N–H and O–H groups in total. The Morgan fingerprint density at radius 3 is 2.73 bits per heavy atom. The fraction of sp³-hybridized carbons (Fsp3) is 0.316. The van der Waals surface area contributed by atoms with E-state index in [2.05, 4.69) is 10.1 Å². The topological polar surface area (TPSA) is 91.2 Å². The van der Waals surface area contributed by atoms with Gasteiger partial charge < -0.3 is 15.0 Å². The van der Waals surface area contributed by atoms with Crippen LogP contribution in [0.1, 0.15) is 34.8 Å². The quantitative estimate of drug-likeness (QED) is 0.755. The maximum atomic E-state index is 12.7. The Balaban J connectivity index is 1.38. The summed E-state index contributed by atoms with van der Waals surface area (Å²) >= 11 is 0. The molecule has 0 saturated carbocycles. The van der Waals surface area contributed by atoms with Gasteiger partial charge in [-0.25, -0.2) is 4.79 Å². The molecule has 4 rings (SSSR count). The summed E-state index contributed by atoms with van der Waals surface area (Å²) in [6.07, 6.45) is 6.79. The smallest absolute Gasteiger partial charge is 0.338 e. The molecule has 1 aromatic carbocycles. The highest BCUT2D eigenvalue weighted by Gasteiger charge is 2.25. The highest BCUT2D eigenvalue weighted by molar-refractivity contribution is 5.89. The molecule has 3 heterocycles. The van der Waals surface area contributed by atoms with Crippen LogP contribution in [0.2, 0.25) is 0 Å². The predicted octanol–water partition coefficient (Wildman–Crippen LogP) is 2.47. The molecule has 7 nitrogen and oxygen atoms in total. The van der Waals surface area contributed by atoms with Crippen LogP contribution in [0.15, 0.2) is 42.9 Å². The van der Waals surface area contributed by atoms with E-state index >= 15 is 0 Å². The molecule has 0 radical (unpaired) electrons. The molecule has 1 saturated heterocycles. The van der Waals surface area contributed by atoms with E-state index in [-0.39, 0.29) is 17.5 Å². The summed E-state index contributed by atoms with van der Waals surface area (Å²) < 4.78 is 1.71. The normalized spacial score (nSPS) is 15.5. The lowest BCUT2D eigenvalue weighted by Gasteiger charge is -2.32. The average molecular weight is 352 g/mol. The second kappa shape index (κ2) is 6.67. The van der Waals surface area contributed by atoms with Crippen molar-refractivity contribution in [3.8, 4) is 0 Å². The van der Waals surface area contributed by atoms with E-state index in [1.165, 1.54) is 6.20 Å². The molecule has 7 heteroatoms. The summed E-state index contributed by atoms with van der Waals surface area (Å²) in [5.74, 6) is -0.845. The number of amides is 1. The monoisotopic (exact) mass is 352 g/mol. The number of fused-ring (bicyclic) bond motifs is 1.